The number of nitrogens with zero attached hydrogens (tertiary/aromatic N) is 4. The summed E-state index contributed by atoms with van der Waals surface area (Å²) in [5.41, 5.74) is -0.295. The molecule has 1 saturated carbocycles. The Kier molecular flexibility index (Phi) is 6.82. The van der Waals surface area contributed by atoms with Gasteiger partial charge in [0.05, 0.1) is 35.2 Å². The van der Waals surface area contributed by atoms with Crippen molar-refractivity contribution in [3.63, 3.8) is 0 Å². The molecular weight excluding hydrogens is 521 g/mol. The maximum atomic E-state index is 13.3. The predicted octanol–water partition coefficient (Wildman–Crippen LogP) is 4.31. The van der Waals surface area contributed by atoms with Gasteiger partial charge in [0, 0.05) is 25.1 Å². The van der Waals surface area contributed by atoms with Gasteiger partial charge in [-0.15, -0.1) is 0 Å². The third-order valence-corrected chi connectivity index (χ3v) is 6.07. The molecule has 1 aliphatic rings. The summed E-state index contributed by atoms with van der Waals surface area (Å²) in [4.78, 5) is 25.2. The molecule has 0 bridgehead atoms. The molecule has 182 valence electrons. The molecule has 0 atom stereocenters. The van der Waals surface area contributed by atoms with Crippen LogP contribution >= 0.6 is 15.9 Å². The van der Waals surface area contributed by atoms with Gasteiger partial charge in [0.25, 0.3) is 5.91 Å². The van der Waals surface area contributed by atoms with Crippen molar-refractivity contribution < 1.29 is 27.2 Å². The number of furan rings is 1. The molecule has 1 aliphatic carbocycles. The minimum atomic E-state index is -4.59. The lowest BCUT2D eigenvalue weighted by molar-refractivity contribution is -0.142. The van der Waals surface area contributed by atoms with Crippen molar-refractivity contribution in [1.82, 2.24) is 24.9 Å². The van der Waals surface area contributed by atoms with Crippen LogP contribution in [0, 0.1) is 0 Å². The van der Waals surface area contributed by atoms with Crippen LogP contribution in [0.2, 0.25) is 0 Å². The normalized spacial score (nSPS) is 13.8. The number of carbonyl (C=O) groups is 2. The van der Waals surface area contributed by atoms with Gasteiger partial charge in [-0.2, -0.15) is 23.4 Å². The third-order valence-electron chi connectivity index (χ3n) is 5.29. The Bertz CT molecular complexity index is 1180. The van der Waals surface area contributed by atoms with Crippen LogP contribution in [-0.2, 0) is 30.6 Å². The molecule has 0 unspecified atom stereocenters. The second-order valence-corrected chi connectivity index (χ2v) is 8.64. The Morgan fingerprint density at radius 3 is 2.68 bits per heavy atom. The zero-order valence-corrected chi connectivity index (χ0v) is 19.7. The molecule has 3 aromatic heterocycles. The van der Waals surface area contributed by atoms with Crippen LogP contribution in [0.1, 0.15) is 59.7 Å². The van der Waals surface area contributed by atoms with Gasteiger partial charge in [-0.05, 0) is 47.8 Å². The van der Waals surface area contributed by atoms with Crippen molar-refractivity contribution in [3.05, 3.63) is 51.9 Å². The number of carbonyl (C=O) groups excluding carboxylic acids is 2. The summed E-state index contributed by atoms with van der Waals surface area (Å²) >= 11 is 3.04. The van der Waals surface area contributed by atoms with Gasteiger partial charge in [-0.25, -0.2) is 0 Å². The van der Waals surface area contributed by atoms with Crippen LogP contribution in [0.25, 0.3) is 0 Å². The monoisotopic (exact) mass is 542 g/mol. The lowest BCUT2D eigenvalue weighted by Crippen LogP contribution is -2.25. The Labute approximate surface area is 200 Å². The average molecular weight is 543 g/mol. The molecule has 3 heterocycles. The highest BCUT2D eigenvalue weighted by Crippen LogP contribution is 2.47. The van der Waals surface area contributed by atoms with Crippen molar-refractivity contribution in [1.29, 1.82) is 0 Å². The number of aryl methyl sites for hydroxylation is 2. The van der Waals surface area contributed by atoms with Crippen molar-refractivity contribution in [2.45, 2.75) is 57.9 Å². The van der Waals surface area contributed by atoms with Gasteiger partial charge in [0.15, 0.2) is 11.4 Å². The van der Waals surface area contributed by atoms with Crippen molar-refractivity contribution in [3.8, 4) is 0 Å². The van der Waals surface area contributed by atoms with Crippen molar-refractivity contribution >= 4 is 33.4 Å². The highest BCUT2D eigenvalue weighted by molar-refractivity contribution is 9.10. The fourth-order valence-corrected chi connectivity index (χ4v) is 4.31. The second kappa shape index (κ2) is 9.65. The fourth-order valence-electron chi connectivity index (χ4n) is 3.48. The smallest absolute Gasteiger partial charge is 0.436 e. The van der Waals surface area contributed by atoms with E-state index in [4.69, 9.17) is 4.42 Å². The van der Waals surface area contributed by atoms with E-state index in [9.17, 15) is 22.8 Å². The molecule has 1 fully saturated rings. The standard InChI is InChI=1S/C21H22BrF3N6O3/c1-2-30-11-14(17(28-30)20(33)26-10-13-4-3-9-34-13)27-15(32)7-8-31-18(12-5-6-12)16(22)19(29-31)21(23,24)25/h3-4,9,11-12H,2,5-8,10H2,1H3,(H,26,33)(H,27,32). The molecule has 2 N–H and O–H groups in total. The number of nitrogens with one attached hydrogen (secondary N) is 2. The zero-order valence-electron chi connectivity index (χ0n) is 18.2. The summed E-state index contributed by atoms with van der Waals surface area (Å²) in [6.45, 7) is 2.42. The van der Waals surface area contributed by atoms with Crippen molar-refractivity contribution in [2.24, 2.45) is 0 Å². The number of rotatable bonds is 9. The van der Waals surface area contributed by atoms with E-state index in [0.29, 0.717) is 18.0 Å². The van der Waals surface area contributed by atoms with Crippen LogP contribution in [-0.4, -0.2) is 31.4 Å². The number of hydrogen-bond acceptors (Lipinski definition) is 5. The molecule has 0 radical (unpaired) electrons. The van der Waals surface area contributed by atoms with E-state index in [2.05, 4.69) is 36.8 Å². The number of halogens is 4. The number of aromatic nitrogens is 4. The second-order valence-electron chi connectivity index (χ2n) is 7.85. The molecule has 3 aromatic rings. The number of hydrogen-bond donors (Lipinski definition) is 2. The summed E-state index contributed by atoms with van der Waals surface area (Å²) in [5.74, 6) is -0.421. The van der Waals surface area contributed by atoms with Crippen LogP contribution in [0.15, 0.2) is 33.5 Å². The zero-order chi connectivity index (χ0) is 24.5. The minimum Gasteiger partial charge on any atom is -0.467 e. The van der Waals surface area contributed by atoms with E-state index in [0.717, 1.165) is 12.8 Å². The predicted molar refractivity (Wildman–Crippen MR) is 118 cm³/mol. The van der Waals surface area contributed by atoms with Gasteiger partial charge >= 0.3 is 6.18 Å². The summed E-state index contributed by atoms with van der Waals surface area (Å²) in [5, 5.41) is 13.2. The highest BCUT2D eigenvalue weighted by Gasteiger charge is 2.41. The lowest BCUT2D eigenvalue weighted by Gasteiger charge is -2.08. The molecule has 4 rings (SSSR count). The van der Waals surface area contributed by atoms with Crippen LogP contribution in [0.3, 0.4) is 0 Å². The Morgan fingerprint density at radius 2 is 2.06 bits per heavy atom. The van der Waals surface area contributed by atoms with Crippen LogP contribution < -0.4 is 10.6 Å². The van der Waals surface area contributed by atoms with Gasteiger partial charge in [-0.1, -0.05) is 0 Å². The molecule has 13 heteroatoms. The number of alkyl halides is 3. The molecule has 34 heavy (non-hydrogen) atoms. The van der Waals surface area contributed by atoms with E-state index in [-0.39, 0.29) is 41.3 Å². The topological polar surface area (TPSA) is 107 Å². The molecule has 0 saturated heterocycles. The first-order chi connectivity index (χ1) is 16.2. The highest BCUT2D eigenvalue weighted by atomic mass is 79.9. The molecular formula is C21H22BrF3N6O3. The first-order valence-corrected chi connectivity index (χ1v) is 11.5. The van der Waals surface area contributed by atoms with Gasteiger partial charge in [0.2, 0.25) is 5.91 Å². The Hall–Kier alpha value is -3.09. The molecule has 0 spiro atoms. The average Bonchev–Trinajstić information content (AvgIpc) is 3.19. The quantitative estimate of drug-likeness (QED) is 0.419. The van der Waals surface area contributed by atoms with E-state index in [1.165, 1.54) is 21.8 Å². The van der Waals surface area contributed by atoms with E-state index >= 15 is 0 Å². The van der Waals surface area contributed by atoms with Crippen LogP contribution in [0.4, 0.5) is 18.9 Å². The number of anilines is 1. The van der Waals surface area contributed by atoms with Crippen molar-refractivity contribution in [2.75, 3.05) is 5.32 Å². The molecule has 0 aliphatic heterocycles. The minimum absolute atomic E-state index is 0.00622. The largest absolute Gasteiger partial charge is 0.467 e. The summed E-state index contributed by atoms with van der Waals surface area (Å²) in [6.07, 6.45) is -0.148. The fraction of sp³-hybridized carbons (Fsp3) is 0.429. The maximum Gasteiger partial charge on any atom is 0.436 e. The molecule has 9 nitrogen and oxygen atoms in total. The SMILES string of the molecule is CCn1cc(NC(=O)CCn2nc(C(F)(F)F)c(Br)c2C2CC2)c(C(=O)NCc2ccco2)n1. The van der Waals surface area contributed by atoms with Gasteiger partial charge < -0.3 is 15.1 Å². The summed E-state index contributed by atoms with van der Waals surface area (Å²) in [7, 11) is 0. The van der Waals surface area contributed by atoms with Gasteiger partial charge in [0.1, 0.15) is 5.76 Å². The van der Waals surface area contributed by atoms with Gasteiger partial charge in [-0.3, -0.25) is 19.0 Å². The number of amides is 2. The van der Waals surface area contributed by atoms with E-state index in [1.807, 2.05) is 6.92 Å². The van der Waals surface area contributed by atoms with E-state index in [1.54, 1.807) is 12.1 Å². The Morgan fingerprint density at radius 1 is 1.29 bits per heavy atom. The molecule has 2 amide bonds. The summed E-state index contributed by atoms with van der Waals surface area (Å²) in [6, 6.07) is 3.41. The third kappa shape index (κ3) is 5.34. The first-order valence-electron chi connectivity index (χ1n) is 10.7. The maximum absolute atomic E-state index is 13.3. The van der Waals surface area contributed by atoms with E-state index < -0.39 is 23.7 Å². The molecule has 0 aromatic carbocycles. The lowest BCUT2D eigenvalue weighted by atomic mass is 10.2. The first kappa shape index (κ1) is 24.0. The summed E-state index contributed by atoms with van der Waals surface area (Å²) < 4.78 is 47.7. The Balaban J connectivity index is 1.43. The van der Waals surface area contributed by atoms with Crippen LogP contribution in [0.5, 0.6) is 0 Å².